The van der Waals surface area contributed by atoms with Gasteiger partial charge in [0.2, 0.25) is 0 Å². The number of nitrogens with one attached hydrogen (secondary N) is 1. The van der Waals surface area contributed by atoms with Gasteiger partial charge in [0.15, 0.2) is 6.10 Å². The Hall–Kier alpha value is -3.98. The van der Waals surface area contributed by atoms with Crippen molar-refractivity contribution in [2.75, 3.05) is 5.32 Å². The Labute approximate surface area is 193 Å². The van der Waals surface area contributed by atoms with Gasteiger partial charge in [0.1, 0.15) is 0 Å². The van der Waals surface area contributed by atoms with Crippen LogP contribution in [0.2, 0.25) is 0 Å². The van der Waals surface area contributed by atoms with Crippen LogP contribution in [0.5, 0.6) is 0 Å². The number of benzene rings is 2. The summed E-state index contributed by atoms with van der Waals surface area (Å²) in [6.45, 7) is 1.48. The number of carbonyl (C=O) groups is 2. The second-order valence-electron chi connectivity index (χ2n) is 7.16. The lowest BCUT2D eigenvalue weighted by Gasteiger charge is -2.16. The number of aryl methyl sites for hydroxylation is 1. The summed E-state index contributed by atoms with van der Waals surface area (Å²) in [7, 11) is 0. The van der Waals surface area contributed by atoms with E-state index in [9.17, 15) is 14.4 Å². The van der Waals surface area contributed by atoms with Crippen LogP contribution in [0, 0.1) is 0 Å². The number of anilines is 1. The van der Waals surface area contributed by atoms with Crippen LogP contribution in [0.15, 0.2) is 81.3 Å². The van der Waals surface area contributed by atoms with E-state index in [4.69, 9.17) is 9.15 Å². The number of hydrogen-bond donors (Lipinski definition) is 1. The fourth-order valence-electron chi connectivity index (χ4n) is 3.15. The Morgan fingerprint density at radius 2 is 1.85 bits per heavy atom. The predicted molar refractivity (Wildman–Crippen MR) is 125 cm³/mol. The van der Waals surface area contributed by atoms with E-state index in [1.807, 2.05) is 60.0 Å². The number of hydrogen-bond acceptors (Lipinski definition) is 7. The highest BCUT2D eigenvalue weighted by molar-refractivity contribution is 7.13. The van der Waals surface area contributed by atoms with E-state index in [0.717, 1.165) is 20.7 Å². The van der Waals surface area contributed by atoms with Crippen LogP contribution in [0.1, 0.15) is 13.3 Å². The van der Waals surface area contributed by atoms with Gasteiger partial charge in [0.25, 0.3) is 11.8 Å². The number of esters is 1. The molecule has 2 aromatic carbocycles. The molecule has 0 saturated carbocycles. The molecule has 1 unspecified atom stereocenters. The first-order valence-corrected chi connectivity index (χ1v) is 11.2. The molecule has 0 radical (unpaired) electrons. The van der Waals surface area contributed by atoms with Crippen molar-refractivity contribution in [3.63, 3.8) is 0 Å². The molecule has 33 heavy (non-hydrogen) atoms. The topological polar surface area (TPSA) is 103 Å². The molecule has 2 heterocycles. The second kappa shape index (κ2) is 10.1. The van der Waals surface area contributed by atoms with Gasteiger partial charge in [-0.3, -0.25) is 9.59 Å². The first-order valence-electron chi connectivity index (χ1n) is 10.3. The van der Waals surface area contributed by atoms with E-state index in [0.29, 0.717) is 5.69 Å². The third kappa shape index (κ3) is 5.45. The molecule has 168 valence electrons. The largest absolute Gasteiger partial charge is 0.452 e. The minimum Gasteiger partial charge on any atom is -0.452 e. The monoisotopic (exact) mass is 463 g/mol. The molecule has 9 heteroatoms. The summed E-state index contributed by atoms with van der Waals surface area (Å²) in [5, 5.41) is 8.76. The molecular formula is C24H21N3O5S. The number of nitrogens with zero attached hydrogens (tertiary/aromatic N) is 2. The zero-order valence-corrected chi connectivity index (χ0v) is 18.6. The van der Waals surface area contributed by atoms with Crippen LogP contribution in [0.25, 0.3) is 21.9 Å². The Bertz CT molecular complexity index is 1300. The molecule has 0 fully saturated rings. The predicted octanol–water partition coefficient (Wildman–Crippen LogP) is 4.19. The first kappa shape index (κ1) is 22.2. The van der Waals surface area contributed by atoms with Gasteiger partial charge in [-0.25, -0.2) is 4.79 Å². The van der Waals surface area contributed by atoms with Crippen molar-refractivity contribution in [3.8, 4) is 21.9 Å². The maximum absolute atomic E-state index is 12.6. The average Bonchev–Trinajstić information content (AvgIpc) is 3.48. The molecule has 0 bridgehead atoms. The number of thiophene rings is 1. The van der Waals surface area contributed by atoms with E-state index in [-0.39, 0.29) is 18.9 Å². The Kier molecular flexibility index (Phi) is 6.80. The van der Waals surface area contributed by atoms with Crippen LogP contribution in [0.3, 0.4) is 0 Å². The zero-order chi connectivity index (χ0) is 23.2. The van der Waals surface area contributed by atoms with Gasteiger partial charge in [-0.05, 0) is 30.0 Å². The summed E-state index contributed by atoms with van der Waals surface area (Å²) in [5.74, 6) is -1.53. The highest BCUT2D eigenvalue weighted by atomic mass is 32.1. The van der Waals surface area contributed by atoms with Crippen molar-refractivity contribution < 1.29 is 18.7 Å². The van der Waals surface area contributed by atoms with E-state index in [1.165, 1.54) is 18.3 Å². The maximum atomic E-state index is 12.6. The van der Waals surface area contributed by atoms with Gasteiger partial charge in [0, 0.05) is 11.3 Å². The highest BCUT2D eigenvalue weighted by Gasteiger charge is 2.20. The minimum absolute atomic E-state index is 0.0161. The molecule has 4 aromatic rings. The summed E-state index contributed by atoms with van der Waals surface area (Å²) >= 11 is 1.39. The SMILES string of the molecule is CC(OC(=O)CCn1nc(-c2cccs2)oc1=O)C(=O)Nc1ccccc1-c1ccccc1. The summed E-state index contributed by atoms with van der Waals surface area (Å²) in [6, 6.07) is 20.7. The summed E-state index contributed by atoms with van der Waals surface area (Å²) in [5.41, 5.74) is 2.43. The van der Waals surface area contributed by atoms with Crippen LogP contribution in [0.4, 0.5) is 5.69 Å². The molecule has 1 amide bonds. The Morgan fingerprint density at radius 1 is 1.09 bits per heavy atom. The molecule has 0 saturated heterocycles. The van der Waals surface area contributed by atoms with Crippen molar-refractivity contribution in [2.45, 2.75) is 26.0 Å². The van der Waals surface area contributed by atoms with Gasteiger partial charge in [0.05, 0.1) is 17.8 Å². The van der Waals surface area contributed by atoms with E-state index in [1.54, 1.807) is 12.1 Å². The summed E-state index contributed by atoms with van der Waals surface area (Å²) in [4.78, 5) is 37.5. The lowest BCUT2D eigenvalue weighted by atomic mass is 10.0. The van der Waals surface area contributed by atoms with Crippen molar-refractivity contribution in [2.24, 2.45) is 0 Å². The van der Waals surface area contributed by atoms with Gasteiger partial charge in [-0.15, -0.1) is 16.4 Å². The minimum atomic E-state index is -1.02. The third-order valence-corrected chi connectivity index (χ3v) is 5.67. The average molecular weight is 464 g/mol. The van der Waals surface area contributed by atoms with Crippen LogP contribution in [-0.4, -0.2) is 27.8 Å². The van der Waals surface area contributed by atoms with Crippen molar-refractivity contribution in [3.05, 3.63) is 82.7 Å². The number of rotatable bonds is 8. The Balaban J connectivity index is 1.34. The lowest BCUT2D eigenvalue weighted by Crippen LogP contribution is -2.30. The smallest absolute Gasteiger partial charge is 0.437 e. The molecule has 0 aliphatic heterocycles. The number of para-hydroxylation sites is 1. The standard InChI is InChI=1S/C24H21N3O5S/c1-16(22(29)25-19-11-6-5-10-18(19)17-8-3-2-4-9-17)31-21(28)13-14-27-24(30)32-23(26-27)20-12-7-15-33-20/h2-12,15-16H,13-14H2,1H3,(H,25,29). The fraction of sp³-hybridized carbons (Fsp3) is 0.167. The Morgan fingerprint density at radius 3 is 2.61 bits per heavy atom. The van der Waals surface area contributed by atoms with Gasteiger partial charge < -0.3 is 14.5 Å². The van der Waals surface area contributed by atoms with E-state index in [2.05, 4.69) is 10.4 Å². The highest BCUT2D eigenvalue weighted by Crippen LogP contribution is 2.27. The van der Waals surface area contributed by atoms with Crippen molar-refractivity contribution in [1.82, 2.24) is 9.78 Å². The normalized spacial score (nSPS) is 11.7. The quantitative estimate of drug-likeness (QED) is 0.393. The van der Waals surface area contributed by atoms with Crippen LogP contribution < -0.4 is 11.1 Å². The molecule has 1 atom stereocenters. The van der Waals surface area contributed by atoms with Crippen molar-refractivity contribution in [1.29, 1.82) is 0 Å². The van der Waals surface area contributed by atoms with Gasteiger partial charge >= 0.3 is 11.7 Å². The molecule has 0 aliphatic rings. The van der Waals surface area contributed by atoms with Crippen LogP contribution in [-0.2, 0) is 20.9 Å². The third-order valence-electron chi connectivity index (χ3n) is 4.81. The second-order valence-corrected chi connectivity index (χ2v) is 8.10. The first-order chi connectivity index (χ1) is 16.0. The zero-order valence-electron chi connectivity index (χ0n) is 17.8. The number of ether oxygens (including phenoxy) is 1. The van der Waals surface area contributed by atoms with Gasteiger partial charge in [-0.1, -0.05) is 54.6 Å². The van der Waals surface area contributed by atoms with Crippen LogP contribution >= 0.6 is 11.3 Å². The van der Waals surface area contributed by atoms with E-state index >= 15 is 0 Å². The van der Waals surface area contributed by atoms with Gasteiger partial charge in [-0.2, -0.15) is 4.68 Å². The number of carbonyl (C=O) groups excluding carboxylic acids is 2. The molecule has 8 nitrogen and oxygen atoms in total. The molecular weight excluding hydrogens is 442 g/mol. The molecule has 1 N–H and O–H groups in total. The molecule has 4 rings (SSSR count). The molecule has 0 aliphatic carbocycles. The summed E-state index contributed by atoms with van der Waals surface area (Å²) in [6.07, 6.45) is -1.15. The van der Waals surface area contributed by atoms with Crippen molar-refractivity contribution >= 4 is 28.9 Å². The fourth-order valence-corrected chi connectivity index (χ4v) is 3.79. The van der Waals surface area contributed by atoms with E-state index < -0.39 is 23.7 Å². The number of aromatic nitrogens is 2. The lowest BCUT2D eigenvalue weighted by molar-refractivity contribution is -0.153. The molecule has 0 spiro atoms. The summed E-state index contributed by atoms with van der Waals surface area (Å²) < 4.78 is 11.4. The number of amides is 1. The maximum Gasteiger partial charge on any atom is 0.437 e. The molecule has 2 aromatic heterocycles.